The molecule has 1 aliphatic rings. The smallest absolute Gasteiger partial charge is 0.274 e. The van der Waals surface area contributed by atoms with Crippen molar-refractivity contribution in [3.05, 3.63) is 18.1 Å². The number of carbonyl (C=O) groups excluding carboxylic acids is 1. The Bertz CT molecular complexity index is 424. The summed E-state index contributed by atoms with van der Waals surface area (Å²) in [4.78, 5) is 22.3. The van der Waals surface area contributed by atoms with Gasteiger partial charge in [-0.25, -0.2) is 4.98 Å². The molecule has 1 aromatic heterocycles. The van der Waals surface area contributed by atoms with E-state index in [9.17, 15) is 4.79 Å². The van der Waals surface area contributed by atoms with Crippen LogP contribution in [0, 0.1) is 0 Å². The van der Waals surface area contributed by atoms with E-state index in [1.807, 2.05) is 13.8 Å². The minimum Gasteiger partial charge on any atom is -0.375 e. The monoisotopic (exact) mass is 250 g/mol. The third-order valence-electron chi connectivity index (χ3n) is 2.74. The number of rotatable bonds is 3. The fourth-order valence-corrected chi connectivity index (χ4v) is 1.90. The number of nitrogens with zero attached hydrogens (tertiary/aromatic N) is 3. The minimum absolute atomic E-state index is 0.0765. The molecule has 6 heteroatoms. The van der Waals surface area contributed by atoms with E-state index >= 15 is 0 Å². The number of hydrogen-bond acceptors (Lipinski definition) is 5. The molecule has 0 spiro atoms. The van der Waals surface area contributed by atoms with Gasteiger partial charge >= 0.3 is 0 Å². The molecule has 0 saturated carbocycles. The molecular formula is C12H18N4O2. The molecule has 1 amide bonds. The molecule has 0 radical (unpaired) electrons. The molecule has 0 bridgehead atoms. The van der Waals surface area contributed by atoms with E-state index in [0.717, 1.165) is 6.54 Å². The Labute approximate surface area is 106 Å². The van der Waals surface area contributed by atoms with Crippen LogP contribution in [0.1, 0.15) is 24.3 Å². The Kier molecular flexibility index (Phi) is 4.09. The molecule has 0 aliphatic carbocycles. The fraction of sp³-hybridized carbons (Fsp3) is 0.583. The Hall–Kier alpha value is -1.69. The second-order valence-corrected chi connectivity index (χ2v) is 4.25. The lowest BCUT2D eigenvalue weighted by Crippen LogP contribution is -2.44. The first kappa shape index (κ1) is 12.8. The Balaban J connectivity index is 2.10. The lowest BCUT2D eigenvalue weighted by atomic mass is 10.2. The largest absolute Gasteiger partial charge is 0.375 e. The SMILES string of the molecule is CCNc1cncc(C(=O)N2CCOC(C)C2)n1. The topological polar surface area (TPSA) is 67.4 Å². The number of amides is 1. The van der Waals surface area contributed by atoms with Crippen molar-refractivity contribution in [3.63, 3.8) is 0 Å². The summed E-state index contributed by atoms with van der Waals surface area (Å²) < 4.78 is 5.41. The van der Waals surface area contributed by atoms with E-state index in [0.29, 0.717) is 31.2 Å². The molecule has 98 valence electrons. The maximum Gasteiger partial charge on any atom is 0.274 e. The zero-order valence-electron chi connectivity index (χ0n) is 10.7. The molecule has 6 nitrogen and oxygen atoms in total. The first-order valence-corrected chi connectivity index (χ1v) is 6.17. The highest BCUT2D eigenvalue weighted by Gasteiger charge is 2.23. The molecule has 1 aromatic rings. The average Bonchev–Trinajstić information content (AvgIpc) is 2.39. The highest BCUT2D eigenvalue weighted by molar-refractivity contribution is 5.92. The first-order chi connectivity index (χ1) is 8.70. The summed E-state index contributed by atoms with van der Waals surface area (Å²) in [6.45, 7) is 6.47. The highest BCUT2D eigenvalue weighted by atomic mass is 16.5. The highest BCUT2D eigenvalue weighted by Crippen LogP contribution is 2.10. The van der Waals surface area contributed by atoms with E-state index in [1.54, 1.807) is 11.1 Å². The van der Waals surface area contributed by atoms with Gasteiger partial charge in [0.25, 0.3) is 5.91 Å². The van der Waals surface area contributed by atoms with Gasteiger partial charge in [-0.15, -0.1) is 0 Å². The Morgan fingerprint density at radius 2 is 2.44 bits per heavy atom. The van der Waals surface area contributed by atoms with Gasteiger partial charge in [-0.1, -0.05) is 0 Å². The van der Waals surface area contributed by atoms with E-state index in [1.165, 1.54) is 6.20 Å². The minimum atomic E-state index is -0.0857. The predicted molar refractivity (Wildman–Crippen MR) is 67.5 cm³/mol. The number of ether oxygens (including phenoxy) is 1. The predicted octanol–water partition coefficient (Wildman–Crippen LogP) is 0.769. The summed E-state index contributed by atoms with van der Waals surface area (Å²) in [5.74, 6) is 0.544. The van der Waals surface area contributed by atoms with Gasteiger partial charge in [-0.3, -0.25) is 9.78 Å². The van der Waals surface area contributed by atoms with Gasteiger partial charge in [0, 0.05) is 19.6 Å². The molecule has 1 aliphatic heterocycles. The Morgan fingerprint density at radius 1 is 1.61 bits per heavy atom. The van der Waals surface area contributed by atoms with Crippen LogP contribution in [0.15, 0.2) is 12.4 Å². The summed E-state index contributed by atoms with van der Waals surface area (Å²) in [5, 5.41) is 3.05. The first-order valence-electron chi connectivity index (χ1n) is 6.17. The van der Waals surface area contributed by atoms with Gasteiger partial charge in [0.1, 0.15) is 11.5 Å². The van der Waals surface area contributed by atoms with E-state index in [-0.39, 0.29) is 12.0 Å². The number of nitrogens with one attached hydrogen (secondary N) is 1. The number of aromatic nitrogens is 2. The van der Waals surface area contributed by atoms with Gasteiger partial charge in [-0.2, -0.15) is 0 Å². The molecule has 1 saturated heterocycles. The van der Waals surface area contributed by atoms with Crippen LogP contribution in [-0.4, -0.2) is 53.1 Å². The van der Waals surface area contributed by atoms with Gasteiger partial charge < -0.3 is 15.0 Å². The summed E-state index contributed by atoms with van der Waals surface area (Å²) in [6.07, 6.45) is 3.19. The van der Waals surface area contributed by atoms with Crippen LogP contribution in [0.5, 0.6) is 0 Å². The second kappa shape index (κ2) is 5.77. The maximum absolute atomic E-state index is 12.2. The molecular weight excluding hydrogens is 232 g/mol. The van der Waals surface area contributed by atoms with Crippen molar-refractivity contribution in [3.8, 4) is 0 Å². The van der Waals surface area contributed by atoms with Crippen molar-refractivity contribution in [1.82, 2.24) is 14.9 Å². The van der Waals surface area contributed by atoms with Crippen LogP contribution in [0.4, 0.5) is 5.82 Å². The van der Waals surface area contributed by atoms with E-state index in [4.69, 9.17) is 4.74 Å². The summed E-state index contributed by atoms with van der Waals surface area (Å²) in [7, 11) is 0. The van der Waals surface area contributed by atoms with Gasteiger partial charge in [0.05, 0.1) is 25.1 Å². The van der Waals surface area contributed by atoms with Gasteiger partial charge in [0.15, 0.2) is 0 Å². The molecule has 1 fully saturated rings. The van der Waals surface area contributed by atoms with Crippen LogP contribution in [0.25, 0.3) is 0 Å². The van der Waals surface area contributed by atoms with Crippen molar-refractivity contribution < 1.29 is 9.53 Å². The van der Waals surface area contributed by atoms with Crippen LogP contribution in [0.3, 0.4) is 0 Å². The molecule has 1 N–H and O–H groups in total. The molecule has 1 atom stereocenters. The van der Waals surface area contributed by atoms with Crippen molar-refractivity contribution >= 4 is 11.7 Å². The average molecular weight is 250 g/mol. The van der Waals surface area contributed by atoms with Crippen LogP contribution >= 0.6 is 0 Å². The van der Waals surface area contributed by atoms with Gasteiger partial charge in [-0.05, 0) is 13.8 Å². The normalized spacial score (nSPS) is 19.7. The molecule has 0 aromatic carbocycles. The summed E-state index contributed by atoms with van der Waals surface area (Å²) in [6, 6.07) is 0. The lowest BCUT2D eigenvalue weighted by Gasteiger charge is -2.30. The number of morpholine rings is 1. The van der Waals surface area contributed by atoms with Crippen molar-refractivity contribution in [2.24, 2.45) is 0 Å². The molecule has 18 heavy (non-hydrogen) atoms. The lowest BCUT2D eigenvalue weighted by molar-refractivity contribution is -0.0126. The van der Waals surface area contributed by atoms with E-state index in [2.05, 4.69) is 15.3 Å². The third kappa shape index (κ3) is 2.95. The van der Waals surface area contributed by atoms with Crippen molar-refractivity contribution in [2.75, 3.05) is 31.6 Å². The zero-order valence-corrected chi connectivity index (χ0v) is 10.7. The molecule has 2 heterocycles. The zero-order chi connectivity index (χ0) is 13.0. The second-order valence-electron chi connectivity index (χ2n) is 4.25. The van der Waals surface area contributed by atoms with E-state index < -0.39 is 0 Å². The maximum atomic E-state index is 12.2. The van der Waals surface area contributed by atoms with Gasteiger partial charge in [0.2, 0.25) is 0 Å². The Morgan fingerprint density at radius 3 is 3.17 bits per heavy atom. The summed E-state index contributed by atoms with van der Waals surface area (Å²) >= 11 is 0. The number of anilines is 1. The fourth-order valence-electron chi connectivity index (χ4n) is 1.90. The van der Waals surface area contributed by atoms with Crippen molar-refractivity contribution in [1.29, 1.82) is 0 Å². The van der Waals surface area contributed by atoms with Crippen LogP contribution < -0.4 is 5.32 Å². The standard InChI is InChI=1S/C12H18N4O2/c1-3-14-11-7-13-6-10(15-11)12(17)16-4-5-18-9(2)8-16/h6-7,9H,3-5,8H2,1-2H3,(H,14,15). The molecule has 2 rings (SSSR count). The van der Waals surface area contributed by atoms with Crippen molar-refractivity contribution in [2.45, 2.75) is 20.0 Å². The van der Waals surface area contributed by atoms with Crippen LogP contribution in [-0.2, 0) is 4.74 Å². The summed E-state index contributed by atoms with van der Waals surface area (Å²) in [5.41, 5.74) is 0.377. The molecule has 1 unspecified atom stereocenters. The third-order valence-corrected chi connectivity index (χ3v) is 2.74. The quantitative estimate of drug-likeness (QED) is 0.858. The number of carbonyl (C=O) groups is 1. The number of hydrogen-bond donors (Lipinski definition) is 1. The van der Waals surface area contributed by atoms with Crippen LogP contribution in [0.2, 0.25) is 0 Å².